The molecule has 0 radical (unpaired) electrons. The van der Waals surface area contributed by atoms with Gasteiger partial charge in [0.2, 0.25) is 11.9 Å². The van der Waals surface area contributed by atoms with E-state index in [0.29, 0.717) is 17.7 Å². The van der Waals surface area contributed by atoms with Gasteiger partial charge in [-0.05, 0) is 31.0 Å². The Morgan fingerprint density at radius 3 is 2.30 bits per heavy atom. The lowest BCUT2D eigenvalue weighted by molar-refractivity contribution is 0.385. The summed E-state index contributed by atoms with van der Waals surface area (Å²) in [6, 6.07) is 1.95. The van der Waals surface area contributed by atoms with E-state index in [-0.39, 0.29) is 17.0 Å². The number of nitrogen functional groups attached to an aromatic ring is 2. The fourth-order valence-corrected chi connectivity index (χ4v) is 3.14. The third kappa shape index (κ3) is 3.71. The lowest BCUT2D eigenvalue weighted by Gasteiger charge is -2.17. The van der Waals surface area contributed by atoms with Crippen molar-refractivity contribution in [3.8, 4) is 11.5 Å². The minimum Gasteiger partial charge on any atom is -0.496 e. The molecule has 0 aliphatic rings. The maximum Gasteiger partial charge on any atom is 0.223 e. The molecule has 0 fully saturated rings. The van der Waals surface area contributed by atoms with Crippen molar-refractivity contribution in [1.82, 2.24) is 19.5 Å². The van der Waals surface area contributed by atoms with Crippen LogP contribution in [-0.4, -0.2) is 33.7 Å². The number of rotatable bonds is 4. The van der Waals surface area contributed by atoms with E-state index >= 15 is 0 Å². The van der Waals surface area contributed by atoms with E-state index in [0.717, 1.165) is 28.2 Å². The van der Waals surface area contributed by atoms with Crippen LogP contribution in [0.4, 0.5) is 11.9 Å². The van der Waals surface area contributed by atoms with Gasteiger partial charge in [0.05, 0.1) is 20.8 Å². The van der Waals surface area contributed by atoms with E-state index in [1.165, 1.54) is 0 Å². The Morgan fingerprint density at radius 1 is 1.04 bits per heavy atom. The first-order chi connectivity index (χ1) is 12.9. The molecule has 0 saturated heterocycles. The van der Waals surface area contributed by atoms with Gasteiger partial charge in [-0.2, -0.15) is 9.97 Å². The zero-order valence-corrected chi connectivity index (χ0v) is 17.2. The molecule has 4 N–H and O–H groups in total. The molecular formula is C18H25ClN6O2. The van der Waals surface area contributed by atoms with Crippen molar-refractivity contribution in [3.63, 3.8) is 0 Å². The minimum atomic E-state index is 0.0643. The highest BCUT2D eigenvalue weighted by molar-refractivity contribution is 6.33. The van der Waals surface area contributed by atoms with E-state index in [4.69, 9.17) is 32.5 Å². The van der Waals surface area contributed by atoms with Gasteiger partial charge >= 0.3 is 0 Å². The number of imidazole rings is 1. The van der Waals surface area contributed by atoms with Crippen LogP contribution in [0.15, 0.2) is 6.07 Å². The van der Waals surface area contributed by atoms with Crippen LogP contribution in [0.5, 0.6) is 11.5 Å². The average Bonchev–Trinajstić information content (AvgIpc) is 2.95. The normalized spacial score (nSPS) is 10.5. The molecule has 146 valence electrons. The number of benzene rings is 1. The maximum atomic E-state index is 6.10. The largest absolute Gasteiger partial charge is 0.496 e. The first-order valence-electron chi connectivity index (χ1n) is 8.53. The number of ether oxygens (including phenoxy) is 2. The predicted molar refractivity (Wildman–Crippen MR) is 109 cm³/mol. The third-order valence-corrected chi connectivity index (χ3v) is 4.45. The van der Waals surface area contributed by atoms with Crippen LogP contribution >= 0.6 is 11.6 Å². The molecule has 2 heterocycles. The molecule has 0 spiro atoms. The molecule has 0 atom stereocenters. The third-order valence-electron chi connectivity index (χ3n) is 4.19. The van der Waals surface area contributed by atoms with Gasteiger partial charge in [-0.25, -0.2) is 4.98 Å². The summed E-state index contributed by atoms with van der Waals surface area (Å²) in [6.07, 6.45) is 0. The number of methoxy groups -OCH3 is 2. The summed E-state index contributed by atoms with van der Waals surface area (Å²) in [5.74, 6) is 1.83. The molecule has 3 rings (SSSR count). The quantitative estimate of drug-likeness (QED) is 0.654. The first kappa shape index (κ1) is 20.6. The van der Waals surface area contributed by atoms with Crippen LogP contribution in [-0.2, 0) is 6.54 Å². The molecule has 0 unspecified atom stereocenters. The fraction of sp³-hybridized carbons (Fsp3) is 0.389. The molecule has 0 aliphatic heterocycles. The Balaban J connectivity index is 0.00000126. The zero-order chi connectivity index (χ0) is 20.3. The number of nitrogens with two attached hydrogens (primary N) is 2. The maximum absolute atomic E-state index is 6.10. The van der Waals surface area contributed by atoms with E-state index in [1.54, 1.807) is 18.8 Å². The molecule has 0 amide bonds. The Hall–Kier alpha value is -2.74. The first-order valence-corrected chi connectivity index (χ1v) is 8.91. The molecule has 1 aromatic carbocycles. The summed E-state index contributed by atoms with van der Waals surface area (Å²) >= 11 is 6.10. The van der Waals surface area contributed by atoms with Gasteiger partial charge in [-0.15, -0.1) is 0 Å². The van der Waals surface area contributed by atoms with Gasteiger partial charge in [-0.1, -0.05) is 25.4 Å². The second-order valence-corrected chi connectivity index (χ2v) is 5.98. The molecule has 8 nitrogen and oxygen atoms in total. The molecular weight excluding hydrogens is 368 g/mol. The van der Waals surface area contributed by atoms with Crippen molar-refractivity contribution in [1.29, 1.82) is 0 Å². The molecule has 0 bridgehead atoms. The smallest absolute Gasteiger partial charge is 0.223 e. The van der Waals surface area contributed by atoms with Crippen LogP contribution in [0.3, 0.4) is 0 Å². The highest BCUT2D eigenvalue weighted by Gasteiger charge is 2.18. The van der Waals surface area contributed by atoms with Crippen LogP contribution in [0.2, 0.25) is 5.15 Å². The lowest BCUT2D eigenvalue weighted by atomic mass is 10.0. The number of fused-ring (bicyclic) bond motifs is 1. The number of hydrogen-bond acceptors (Lipinski definition) is 7. The zero-order valence-electron chi connectivity index (χ0n) is 16.4. The standard InChI is InChI=1S/C16H19ClN6O2.C2H6/c1-7-9(5-10(24-3)8(2)12(7)25-4)6-23-14-11(20-16(23)19)13(17)21-15(18)22-14;1-2/h5H,6H2,1-4H3,(H2,19,20)(H2,18,21,22);1-2H3. The van der Waals surface area contributed by atoms with Gasteiger partial charge in [0.25, 0.3) is 0 Å². The lowest BCUT2D eigenvalue weighted by Crippen LogP contribution is -2.09. The van der Waals surface area contributed by atoms with Gasteiger partial charge in [0.15, 0.2) is 10.8 Å². The van der Waals surface area contributed by atoms with Crippen molar-refractivity contribution in [2.75, 3.05) is 25.7 Å². The van der Waals surface area contributed by atoms with Gasteiger partial charge in [-0.3, -0.25) is 4.57 Å². The van der Waals surface area contributed by atoms with Crippen LogP contribution in [0.25, 0.3) is 11.2 Å². The van der Waals surface area contributed by atoms with E-state index in [2.05, 4.69) is 15.0 Å². The summed E-state index contributed by atoms with van der Waals surface area (Å²) in [5, 5.41) is 0.170. The number of hydrogen-bond donors (Lipinski definition) is 2. The Bertz CT molecular complexity index is 971. The molecule has 3 aromatic rings. The van der Waals surface area contributed by atoms with Gasteiger partial charge in [0, 0.05) is 5.56 Å². The highest BCUT2D eigenvalue weighted by atomic mass is 35.5. The molecule has 2 aromatic heterocycles. The van der Waals surface area contributed by atoms with Gasteiger partial charge in [0.1, 0.15) is 17.0 Å². The van der Waals surface area contributed by atoms with Crippen molar-refractivity contribution in [3.05, 3.63) is 27.9 Å². The summed E-state index contributed by atoms with van der Waals surface area (Å²) < 4.78 is 12.7. The van der Waals surface area contributed by atoms with E-state index < -0.39 is 0 Å². The summed E-state index contributed by atoms with van der Waals surface area (Å²) in [6.45, 7) is 8.34. The van der Waals surface area contributed by atoms with Crippen molar-refractivity contribution < 1.29 is 9.47 Å². The number of anilines is 2. The number of halogens is 1. The Labute approximate surface area is 163 Å². The van der Waals surface area contributed by atoms with E-state index in [1.807, 2.05) is 33.8 Å². The molecule has 0 saturated carbocycles. The summed E-state index contributed by atoms with van der Waals surface area (Å²) in [5.41, 5.74) is 15.5. The van der Waals surface area contributed by atoms with Crippen LogP contribution < -0.4 is 20.9 Å². The highest BCUT2D eigenvalue weighted by Crippen LogP contribution is 2.35. The second-order valence-electron chi connectivity index (χ2n) is 5.62. The monoisotopic (exact) mass is 392 g/mol. The Kier molecular flexibility index (Phi) is 6.32. The Morgan fingerprint density at radius 2 is 1.70 bits per heavy atom. The van der Waals surface area contributed by atoms with Crippen LogP contribution in [0, 0.1) is 13.8 Å². The number of nitrogens with zero attached hydrogens (tertiary/aromatic N) is 4. The number of aromatic nitrogens is 4. The van der Waals surface area contributed by atoms with E-state index in [9.17, 15) is 0 Å². The second kappa shape index (κ2) is 8.30. The average molecular weight is 393 g/mol. The topological polar surface area (TPSA) is 114 Å². The van der Waals surface area contributed by atoms with Crippen molar-refractivity contribution >= 4 is 34.7 Å². The van der Waals surface area contributed by atoms with Crippen molar-refractivity contribution in [2.45, 2.75) is 34.2 Å². The predicted octanol–water partition coefficient (Wildman–Crippen LogP) is 3.35. The summed E-state index contributed by atoms with van der Waals surface area (Å²) in [4.78, 5) is 12.4. The molecule has 27 heavy (non-hydrogen) atoms. The fourth-order valence-electron chi connectivity index (χ4n) is 2.92. The SMILES string of the molecule is CC.COc1cc(Cn2c(N)nc3c(Cl)nc(N)nc32)c(C)c(OC)c1C. The van der Waals surface area contributed by atoms with Gasteiger partial charge < -0.3 is 20.9 Å². The van der Waals surface area contributed by atoms with Crippen molar-refractivity contribution in [2.24, 2.45) is 0 Å². The molecule has 9 heteroatoms. The minimum absolute atomic E-state index is 0.0643. The molecule has 0 aliphatic carbocycles. The van der Waals surface area contributed by atoms with Crippen LogP contribution in [0.1, 0.15) is 30.5 Å². The summed E-state index contributed by atoms with van der Waals surface area (Å²) in [7, 11) is 3.25.